The first-order valence-corrected chi connectivity index (χ1v) is 6.16. The van der Waals surface area contributed by atoms with Gasteiger partial charge in [-0.2, -0.15) is 0 Å². The summed E-state index contributed by atoms with van der Waals surface area (Å²) < 4.78 is 4.34. The fourth-order valence-electron chi connectivity index (χ4n) is 0.846. The first kappa shape index (κ1) is 18.2. The number of carbonyl (C=O) groups is 1. The van der Waals surface area contributed by atoms with Gasteiger partial charge in [0.25, 0.3) is 0 Å². The number of ether oxygens (including phenoxy) is 1. The molecule has 0 bridgehead atoms. The van der Waals surface area contributed by atoms with Crippen LogP contribution >= 0.6 is 11.6 Å². The summed E-state index contributed by atoms with van der Waals surface area (Å²) in [7, 11) is 1.22. The maximum Gasteiger partial charge on any atom is 0.334 e. The summed E-state index contributed by atoms with van der Waals surface area (Å²) in [6, 6.07) is 0. The Labute approximate surface area is 121 Å². The second-order valence-electron chi connectivity index (χ2n) is 3.34. The number of alkyl halides is 1. The van der Waals surface area contributed by atoms with E-state index < -0.39 is 11.9 Å². The molecule has 6 N–H and O–H groups in total. The maximum atomic E-state index is 10.8. The third-order valence-corrected chi connectivity index (χ3v) is 2.01. The lowest BCUT2D eigenvalue weighted by Crippen LogP contribution is -2.40. The predicted octanol–water partition coefficient (Wildman–Crippen LogP) is -0.944. The Hall–Kier alpha value is -1.78. The average molecular weight is 311 g/mol. The zero-order valence-electron chi connectivity index (χ0n) is 11.1. The van der Waals surface area contributed by atoms with E-state index in [-0.39, 0.29) is 19.2 Å². The third-order valence-electron chi connectivity index (χ3n) is 1.74. The van der Waals surface area contributed by atoms with Crippen molar-refractivity contribution in [1.29, 1.82) is 5.41 Å². The van der Waals surface area contributed by atoms with Crippen LogP contribution in [-0.4, -0.2) is 49.3 Å². The Morgan fingerprint density at radius 1 is 1.45 bits per heavy atom. The first-order valence-electron chi connectivity index (χ1n) is 5.63. The van der Waals surface area contributed by atoms with Gasteiger partial charge in [0.05, 0.1) is 13.7 Å². The van der Waals surface area contributed by atoms with E-state index in [1.807, 2.05) is 0 Å². The minimum absolute atomic E-state index is 0.249. The molecular weight excluding hydrogens is 292 g/mol. The number of methoxy groups -OCH3 is 1. The molecule has 0 atom stereocenters. The number of guanidine groups is 2. The zero-order valence-corrected chi connectivity index (χ0v) is 11.9. The van der Waals surface area contributed by atoms with Crippen LogP contribution in [0.5, 0.6) is 0 Å². The molecule has 0 aliphatic heterocycles. The molecule has 0 aliphatic rings. The number of nitrogens with two attached hydrogens (primary N) is 2. The van der Waals surface area contributed by atoms with Crippen LogP contribution < -0.4 is 16.9 Å². The smallest absolute Gasteiger partial charge is 0.334 e. The third kappa shape index (κ3) is 9.19. The topological polar surface area (TPSA) is 148 Å². The number of rotatable bonds is 9. The minimum Gasteiger partial charge on any atom is -0.467 e. The predicted molar refractivity (Wildman–Crippen MR) is 72.4 cm³/mol. The molecule has 0 radical (unpaired) electrons. The molecule has 0 aromatic heterocycles. The van der Waals surface area contributed by atoms with E-state index in [0.717, 1.165) is 11.6 Å². The Morgan fingerprint density at radius 3 is 2.70 bits per heavy atom. The van der Waals surface area contributed by atoms with E-state index in [1.54, 1.807) is 0 Å². The van der Waals surface area contributed by atoms with Crippen LogP contribution in [0.25, 0.3) is 0 Å². The highest BCUT2D eigenvalue weighted by molar-refractivity contribution is 6.17. The largest absolute Gasteiger partial charge is 0.467 e. The highest BCUT2D eigenvalue weighted by Crippen LogP contribution is 1.96. The molecule has 0 saturated carbocycles. The number of hydrogen-bond donors (Lipinski definition) is 4. The second-order valence-corrected chi connectivity index (χ2v) is 3.72. The van der Waals surface area contributed by atoms with Crippen molar-refractivity contribution < 1.29 is 19.2 Å². The van der Waals surface area contributed by atoms with E-state index >= 15 is 0 Å². The molecule has 20 heavy (non-hydrogen) atoms. The molecule has 11 heteroatoms. The first-order chi connectivity index (χ1) is 9.51. The number of esters is 1. The normalized spacial score (nSPS) is 11.0. The van der Waals surface area contributed by atoms with Gasteiger partial charge in [-0.3, -0.25) is 10.2 Å². The second kappa shape index (κ2) is 11.1. The Kier molecular flexibility index (Phi) is 10.1. The molecule has 0 unspecified atom stereocenters. The zero-order chi connectivity index (χ0) is 15.4. The fraction of sp³-hybridized carbons (Fsp3) is 0.667. The van der Waals surface area contributed by atoms with Crippen LogP contribution in [0.15, 0.2) is 5.10 Å². The van der Waals surface area contributed by atoms with Gasteiger partial charge in [0.2, 0.25) is 11.9 Å². The number of nitrogens with zero attached hydrogens (tertiary/aromatic N) is 2. The van der Waals surface area contributed by atoms with Crippen molar-refractivity contribution in [2.24, 2.45) is 16.6 Å². The van der Waals surface area contributed by atoms with Crippen molar-refractivity contribution >= 4 is 29.5 Å². The van der Waals surface area contributed by atoms with E-state index in [9.17, 15) is 4.79 Å². The molecule has 0 heterocycles. The van der Waals surface area contributed by atoms with E-state index in [2.05, 4.69) is 20.2 Å². The average Bonchev–Trinajstić information content (AvgIpc) is 2.41. The Bertz CT molecular complexity index is 340. The van der Waals surface area contributed by atoms with Gasteiger partial charge in [-0.1, -0.05) is 5.17 Å². The number of hydroxylamine groups is 2. The molecular formula is C9H19ClN6O4. The number of halogens is 1. The number of hydrogen-bond acceptors (Lipinski definition) is 6. The van der Waals surface area contributed by atoms with Crippen LogP contribution in [0.1, 0.15) is 12.8 Å². The van der Waals surface area contributed by atoms with Crippen LogP contribution in [-0.2, 0) is 19.2 Å². The molecule has 0 fully saturated rings. The van der Waals surface area contributed by atoms with Gasteiger partial charge in [-0.05, 0) is 12.8 Å². The van der Waals surface area contributed by atoms with Gasteiger partial charge in [0, 0.05) is 5.88 Å². The van der Waals surface area contributed by atoms with Crippen molar-refractivity contribution in [1.82, 2.24) is 10.7 Å². The Morgan fingerprint density at radius 2 is 2.15 bits per heavy atom. The van der Waals surface area contributed by atoms with E-state index in [1.165, 1.54) is 7.11 Å². The van der Waals surface area contributed by atoms with Crippen LogP contribution in [0, 0.1) is 5.41 Å². The monoisotopic (exact) mass is 310 g/mol. The van der Waals surface area contributed by atoms with Gasteiger partial charge in [-0.15, -0.1) is 16.7 Å². The highest BCUT2D eigenvalue weighted by atomic mass is 35.5. The van der Waals surface area contributed by atoms with Crippen LogP contribution in [0.3, 0.4) is 0 Å². The summed E-state index contributed by atoms with van der Waals surface area (Å²) >= 11 is 5.51. The minimum atomic E-state index is -0.592. The molecule has 0 aromatic carbocycles. The standard InChI is InChI=1S/C9H19ClN6O4/c1-18-7(17)6-19-15-9(13)14-16(8(11)12)20-5-3-2-4-10/h2-6H2,1H3,(H3,11,12)(H3,13,14,15). The molecule has 0 spiro atoms. The van der Waals surface area contributed by atoms with Gasteiger partial charge < -0.3 is 16.2 Å². The van der Waals surface area contributed by atoms with Crippen molar-refractivity contribution in [3.05, 3.63) is 0 Å². The van der Waals surface area contributed by atoms with Gasteiger partial charge in [-0.25, -0.2) is 15.1 Å². The van der Waals surface area contributed by atoms with Crippen molar-refractivity contribution in [3.63, 3.8) is 0 Å². The van der Waals surface area contributed by atoms with Crippen LogP contribution in [0.4, 0.5) is 0 Å². The molecule has 0 rings (SSSR count). The highest BCUT2D eigenvalue weighted by Gasteiger charge is 2.07. The number of unbranched alkanes of at least 4 members (excludes halogenated alkanes) is 1. The van der Waals surface area contributed by atoms with Crippen LogP contribution in [0.2, 0.25) is 0 Å². The summed E-state index contributed by atoms with van der Waals surface area (Å²) in [6.07, 6.45) is 1.43. The number of carbonyl (C=O) groups excluding carboxylic acids is 1. The summed E-state index contributed by atoms with van der Waals surface area (Å²) in [5, 5.41) is 11.6. The lowest BCUT2D eigenvalue weighted by molar-refractivity contribution is -0.147. The molecule has 0 aliphatic carbocycles. The number of nitrogens with one attached hydrogen (secondary N) is 2. The molecule has 0 saturated heterocycles. The van der Waals surface area contributed by atoms with E-state index in [0.29, 0.717) is 12.3 Å². The summed E-state index contributed by atoms with van der Waals surface area (Å²) in [4.78, 5) is 20.5. The Balaban J connectivity index is 4.15. The summed E-state index contributed by atoms with van der Waals surface area (Å²) in [5.41, 5.74) is 12.9. The van der Waals surface area contributed by atoms with Crippen molar-refractivity contribution in [3.8, 4) is 0 Å². The van der Waals surface area contributed by atoms with Gasteiger partial charge in [0.15, 0.2) is 6.61 Å². The lowest BCUT2D eigenvalue weighted by atomic mass is 10.4. The molecule has 0 aromatic rings. The van der Waals surface area contributed by atoms with Gasteiger partial charge in [0.1, 0.15) is 0 Å². The maximum absolute atomic E-state index is 10.8. The van der Waals surface area contributed by atoms with Crippen molar-refractivity contribution in [2.75, 3.05) is 26.2 Å². The fourth-order valence-corrected chi connectivity index (χ4v) is 1.03. The molecule has 10 nitrogen and oxygen atoms in total. The van der Waals surface area contributed by atoms with E-state index in [4.69, 9.17) is 33.3 Å². The van der Waals surface area contributed by atoms with Gasteiger partial charge >= 0.3 is 5.97 Å². The summed E-state index contributed by atoms with van der Waals surface area (Å²) in [6.45, 7) is -0.0878. The SMILES string of the molecule is COC(=O)CONC(N)=NN(OCCCCCl)C(=N)N. The summed E-state index contributed by atoms with van der Waals surface area (Å²) in [5.74, 6) is -0.793. The molecule has 0 amide bonds. The quantitative estimate of drug-likeness (QED) is 0.106. The molecule has 116 valence electrons. The lowest BCUT2D eigenvalue weighted by Gasteiger charge is -2.16. The van der Waals surface area contributed by atoms with Crippen molar-refractivity contribution in [2.45, 2.75) is 12.8 Å². The number of hydrazone groups is 1.